The third-order valence-electron chi connectivity index (χ3n) is 4.07. The van der Waals surface area contributed by atoms with Gasteiger partial charge in [0.25, 0.3) is 0 Å². The molecule has 104 valence electrons. The average molecular weight is 300 g/mol. The molecular formula is C18H21PS. The average Bonchev–Trinajstić information content (AvgIpc) is 2.92. The van der Waals surface area contributed by atoms with E-state index in [9.17, 15) is 0 Å². The molecule has 0 N–H and O–H groups in total. The zero-order chi connectivity index (χ0) is 13.8. The smallest absolute Gasteiger partial charge is 0.00326 e. The quantitative estimate of drug-likeness (QED) is 0.766. The predicted molar refractivity (Wildman–Crippen MR) is 93.9 cm³/mol. The zero-order valence-corrected chi connectivity index (χ0v) is 13.6. The number of hydrogen-bond donors (Lipinski definition) is 0. The van der Waals surface area contributed by atoms with Crippen LogP contribution >= 0.6 is 19.7 Å². The van der Waals surface area contributed by atoms with Gasteiger partial charge >= 0.3 is 0 Å². The molecule has 0 amide bonds. The summed E-state index contributed by atoms with van der Waals surface area (Å²) in [4.78, 5) is 0. The van der Waals surface area contributed by atoms with Gasteiger partial charge in [0.2, 0.25) is 0 Å². The second kappa shape index (κ2) is 6.78. The summed E-state index contributed by atoms with van der Waals surface area (Å²) in [6, 6.07) is 22.2. The van der Waals surface area contributed by atoms with Crippen molar-refractivity contribution in [2.45, 2.75) is 6.92 Å². The van der Waals surface area contributed by atoms with Gasteiger partial charge in [-0.15, -0.1) is 0 Å². The molecular weight excluding hydrogens is 279 g/mol. The molecule has 2 aromatic rings. The molecule has 1 aliphatic rings. The van der Waals surface area contributed by atoms with Crippen LogP contribution in [0.1, 0.15) is 6.92 Å². The molecule has 0 aliphatic carbocycles. The third kappa shape index (κ3) is 3.27. The summed E-state index contributed by atoms with van der Waals surface area (Å²) >= 11 is 2.13. The molecule has 1 fully saturated rings. The minimum atomic E-state index is -0.202. The van der Waals surface area contributed by atoms with Crippen molar-refractivity contribution in [1.82, 2.24) is 0 Å². The van der Waals surface area contributed by atoms with Gasteiger partial charge in [0.1, 0.15) is 0 Å². The highest BCUT2D eigenvalue weighted by Crippen LogP contribution is 2.41. The normalized spacial score (nSPS) is 22.3. The lowest BCUT2D eigenvalue weighted by atomic mass is 10.0. The van der Waals surface area contributed by atoms with Crippen molar-refractivity contribution < 1.29 is 0 Å². The molecule has 2 heteroatoms. The number of hydrogen-bond acceptors (Lipinski definition) is 1. The fourth-order valence-corrected chi connectivity index (χ4v) is 7.19. The second-order valence-electron chi connectivity index (χ2n) is 5.56. The summed E-state index contributed by atoms with van der Waals surface area (Å²) in [5, 5.41) is 3.05. The van der Waals surface area contributed by atoms with Gasteiger partial charge in [0.05, 0.1) is 0 Å². The molecule has 0 nitrogen and oxygen atoms in total. The van der Waals surface area contributed by atoms with Crippen molar-refractivity contribution in [1.29, 1.82) is 0 Å². The van der Waals surface area contributed by atoms with Crippen LogP contribution in [0.15, 0.2) is 60.7 Å². The Morgan fingerprint density at radius 1 is 0.900 bits per heavy atom. The standard InChI is InChI=1S/C18H21PS/c1-15-13-20-14-16(15)12-19(17-8-4-2-5-9-17)18-10-6-3-7-11-18/h2-11,15-16H,12-14H2,1H3. The van der Waals surface area contributed by atoms with Crippen LogP contribution in [0.25, 0.3) is 0 Å². The SMILES string of the molecule is CC1CSCC1CP(c1ccccc1)c1ccccc1. The van der Waals surface area contributed by atoms with Gasteiger partial charge in [-0.2, -0.15) is 11.8 Å². The Labute approximate surface area is 127 Å². The number of rotatable bonds is 4. The molecule has 0 spiro atoms. The molecule has 2 atom stereocenters. The maximum atomic E-state index is 2.42. The first-order chi connectivity index (χ1) is 9.84. The molecule has 0 bridgehead atoms. The van der Waals surface area contributed by atoms with Crippen LogP contribution < -0.4 is 10.6 Å². The summed E-state index contributed by atoms with van der Waals surface area (Å²) in [7, 11) is -0.202. The van der Waals surface area contributed by atoms with Crippen LogP contribution in [-0.4, -0.2) is 17.7 Å². The largest absolute Gasteiger partial charge is 0.161 e. The predicted octanol–water partition coefficient (Wildman–Crippen LogP) is 4.12. The van der Waals surface area contributed by atoms with E-state index in [1.54, 1.807) is 0 Å². The minimum Gasteiger partial charge on any atom is -0.161 e. The molecule has 20 heavy (non-hydrogen) atoms. The highest BCUT2D eigenvalue weighted by molar-refractivity contribution is 7.99. The first-order valence-corrected chi connectivity index (χ1v) is 9.98. The summed E-state index contributed by atoms with van der Waals surface area (Å²) in [6.45, 7) is 2.42. The highest BCUT2D eigenvalue weighted by Gasteiger charge is 2.27. The first kappa shape index (κ1) is 14.2. The lowest BCUT2D eigenvalue weighted by molar-refractivity contribution is 0.500. The van der Waals surface area contributed by atoms with Crippen molar-refractivity contribution in [3.8, 4) is 0 Å². The van der Waals surface area contributed by atoms with Crippen molar-refractivity contribution >= 4 is 30.3 Å². The Balaban J connectivity index is 1.88. The van der Waals surface area contributed by atoms with Gasteiger partial charge in [0.15, 0.2) is 0 Å². The van der Waals surface area contributed by atoms with E-state index in [0.717, 1.165) is 11.8 Å². The van der Waals surface area contributed by atoms with Gasteiger partial charge in [-0.3, -0.25) is 0 Å². The third-order valence-corrected chi connectivity index (χ3v) is 8.17. The summed E-state index contributed by atoms with van der Waals surface area (Å²) in [6.07, 6.45) is 1.34. The van der Waals surface area contributed by atoms with Crippen LogP contribution in [-0.2, 0) is 0 Å². The van der Waals surface area contributed by atoms with Crippen LogP contribution in [0.5, 0.6) is 0 Å². The fourth-order valence-electron chi connectivity index (χ4n) is 2.75. The lowest BCUT2D eigenvalue weighted by Gasteiger charge is -2.24. The Hall–Kier alpha value is -0.780. The Morgan fingerprint density at radius 2 is 1.45 bits per heavy atom. The highest BCUT2D eigenvalue weighted by atomic mass is 32.2. The van der Waals surface area contributed by atoms with Crippen molar-refractivity contribution in [3.63, 3.8) is 0 Å². The van der Waals surface area contributed by atoms with Crippen LogP contribution in [0.4, 0.5) is 0 Å². The van der Waals surface area contributed by atoms with Gasteiger partial charge in [-0.1, -0.05) is 67.6 Å². The minimum absolute atomic E-state index is 0.202. The molecule has 2 aromatic carbocycles. The Morgan fingerprint density at radius 3 is 1.90 bits per heavy atom. The van der Waals surface area contributed by atoms with Gasteiger partial charge < -0.3 is 0 Å². The number of thioether (sulfide) groups is 1. The first-order valence-electron chi connectivity index (χ1n) is 7.30. The van der Waals surface area contributed by atoms with E-state index in [-0.39, 0.29) is 7.92 Å². The van der Waals surface area contributed by atoms with E-state index in [1.807, 2.05) is 0 Å². The summed E-state index contributed by atoms with van der Waals surface area (Å²) in [5.41, 5.74) is 0. The monoisotopic (exact) mass is 300 g/mol. The lowest BCUT2D eigenvalue weighted by Crippen LogP contribution is -2.21. The molecule has 0 aromatic heterocycles. The van der Waals surface area contributed by atoms with Gasteiger partial charge in [-0.05, 0) is 48.0 Å². The summed E-state index contributed by atoms with van der Waals surface area (Å²) in [5.74, 6) is 4.45. The number of benzene rings is 2. The molecule has 0 saturated carbocycles. The summed E-state index contributed by atoms with van der Waals surface area (Å²) < 4.78 is 0. The molecule has 2 unspecified atom stereocenters. The van der Waals surface area contributed by atoms with Crippen LogP contribution in [0, 0.1) is 11.8 Å². The van der Waals surface area contributed by atoms with E-state index in [2.05, 4.69) is 79.3 Å². The van der Waals surface area contributed by atoms with Crippen molar-refractivity contribution in [3.05, 3.63) is 60.7 Å². The fraction of sp³-hybridized carbons (Fsp3) is 0.333. The van der Waals surface area contributed by atoms with E-state index in [4.69, 9.17) is 0 Å². The van der Waals surface area contributed by atoms with E-state index in [1.165, 1.54) is 28.3 Å². The molecule has 3 rings (SSSR count). The zero-order valence-electron chi connectivity index (χ0n) is 11.9. The van der Waals surface area contributed by atoms with Crippen molar-refractivity contribution in [2.24, 2.45) is 11.8 Å². The second-order valence-corrected chi connectivity index (χ2v) is 8.89. The molecule has 1 aliphatic heterocycles. The topological polar surface area (TPSA) is 0 Å². The maximum Gasteiger partial charge on any atom is -0.00326 e. The molecule has 1 heterocycles. The Kier molecular flexibility index (Phi) is 4.81. The van der Waals surface area contributed by atoms with Crippen LogP contribution in [0.3, 0.4) is 0 Å². The van der Waals surface area contributed by atoms with Gasteiger partial charge in [-0.25, -0.2) is 0 Å². The van der Waals surface area contributed by atoms with E-state index < -0.39 is 0 Å². The Bertz CT molecular complexity index is 486. The van der Waals surface area contributed by atoms with E-state index in [0.29, 0.717) is 0 Å². The maximum absolute atomic E-state index is 2.42. The molecule has 1 saturated heterocycles. The molecule has 0 radical (unpaired) electrons. The van der Waals surface area contributed by atoms with E-state index >= 15 is 0 Å². The van der Waals surface area contributed by atoms with Crippen LogP contribution in [0.2, 0.25) is 0 Å². The van der Waals surface area contributed by atoms with Crippen molar-refractivity contribution in [2.75, 3.05) is 17.7 Å². The van der Waals surface area contributed by atoms with Gasteiger partial charge in [0, 0.05) is 0 Å².